The number of nitrogens with one attached hydrogen (secondary N) is 1. The van der Waals surface area contributed by atoms with Gasteiger partial charge in [-0.25, -0.2) is 0 Å². The average molecular weight is 353 g/mol. The van der Waals surface area contributed by atoms with Crippen molar-refractivity contribution in [3.05, 3.63) is 48.0 Å². The summed E-state index contributed by atoms with van der Waals surface area (Å²) >= 11 is 0. The fourth-order valence-corrected chi connectivity index (χ4v) is 3.97. The number of likely N-dealkylation sites (tertiary alicyclic amines) is 1. The van der Waals surface area contributed by atoms with Gasteiger partial charge in [0.15, 0.2) is 5.96 Å². The van der Waals surface area contributed by atoms with Crippen LogP contribution in [0.3, 0.4) is 0 Å². The van der Waals surface area contributed by atoms with Crippen LogP contribution >= 0.6 is 0 Å². The minimum atomic E-state index is 0.742. The zero-order valence-electron chi connectivity index (χ0n) is 16.4. The van der Waals surface area contributed by atoms with Crippen LogP contribution < -0.4 is 5.32 Å². The highest BCUT2D eigenvalue weighted by molar-refractivity contribution is 5.86. The molecule has 1 atom stereocenters. The molecular formula is C22H32N4. The number of hydrogen-bond donors (Lipinski definition) is 1. The fourth-order valence-electron chi connectivity index (χ4n) is 3.97. The van der Waals surface area contributed by atoms with Crippen LogP contribution in [0.1, 0.15) is 25.8 Å². The maximum absolute atomic E-state index is 4.54. The van der Waals surface area contributed by atoms with Crippen molar-refractivity contribution in [3.63, 3.8) is 0 Å². The maximum Gasteiger partial charge on any atom is 0.193 e. The topological polar surface area (TPSA) is 30.9 Å². The quantitative estimate of drug-likeness (QED) is 0.637. The van der Waals surface area contributed by atoms with Gasteiger partial charge in [-0.05, 0) is 41.8 Å². The Hall–Kier alpha value is -2.07. The second-order valence-corrected chi connectivity index (χ2v) is 7.13. The smallest absolute Gasteiger partial charge is 0.193 e. The van der Waals surface area contributed by atoms with E-state index in [-0.39, 0.29) is 0 Å². The molecule has 0 spiro atoms. The monoisotopic (exact) mass is 352 g/mol. The van der Waals surface area contributed by atoms with Crippen molar-refractivity contribution >= 4 is 16.7 Å². The van der Waals surface area contributed by atoms with Crippen molar-refractivity contribution in [2.24, 2.45) is 10.9 Å². The molecule has 4 nitrogen and oxygen atoms in total. The van der Waals surface area contributed by atoms with Crippen molar-refractivity contribution in [2.45, 2.75) is 26.8 Å². The zero-order valence-corrected chi connectivity index (χ0v) is 16.4. The van der Waals surface area contributed by atoms with Gasteiger partial charge in [-0.15, -0.1) is 0 Å². The van der Waals surface area contributed by atoms with E-state index >= 15 is 0 Å². The summed E-state index contributed by atoms with van der Waals surface area (Å²) in [5.74, 6) is 1.77. The lowest BCUT2D eigenvalue weighted by atomic mass is 10.0. The van der Waals surface area contributed by atoms with E-state index in [0.717, 1.165) is 44.6 Å². The van der Waals surface area contributed by atoms with Gasteiger partial charge >= 0.3 is 0 Å². The highest BCUT2D eigenvalue weighted by Gasteiger charge is 2.25. The first-order chi connectivity index (χ1) is 12.7. The van der Waals surface area contributed by atoms with Crippen molar-refractivity contribution in [1.29, 1.82) is 0 Å². The number of fused-ring (bicyclic) bond motifs is 1. The Bertz CT molecular complexity index is 731. The molecule has 1 aliphatic rings. The molecule has 1 N–H and O–H groups in total. The number of guanidine groups is 1. The first-order valence-corrected chi connectivity index (χ1v) is 9.89. The lowest BCUT2D eigenvalue weighted by molar-refractivity contribution is 0.255. The first-order valence-electron chi connectivity index (χ1n) is 9.89. The van der Waals surface area contributed by atoms with Crippen molar-refractivity contribution in [1.82, 2.24) is 15.1 Å². The zero-order chi connectivity index (χ0) is 18.4. The van der Waals surface area contributed by atoms with Crippen molar-refractivity contribution in [2.75, 3.05) is 39.8 Å². The van der Waals surface area contributed by atoms with Crippen molar-refractivity contribution in [3.8, 4) is 0 Å². The number of aliphatic imine (C=N–C) groups is 1. The fraction of sp³-hybridized carbons (Fsp3) is 0.500. The van der Waals surface area contributed by atoms with Gasteiger partial charge in [-0.3, -0.25) is 4.99 Å². The van der Waals surface area contributed by atoms with Gasteiger partial charge in [0.05, 0.1) is 0 Å². The van der Waals surface area contributed by atoms with Crippen LogP contribution in [0.25, 0.3) is 10.8 Å². The van der Waals surface area contributed by atoms with Gasteiger partial charge in [0, 0.05) is 33.2 Å². The van der Waals surface area contributed by atoms with E-state index in [0.29, 0.717) is 0 Å². The molecule has 26 heavy (non-hydrogen) atoms. The van der Waals surface area contributed by atoms with Gasteiger partial charge in [0.25, 0.3) is 0 Å². The second kappa shape index (κ2) is 9.04. The van der Waals surface area contributed by atoms with Crippen LogP contribution in [-0.2, 0) is 6.54 Å². The summed E-state index contributed by atoms with van der Waals surface area (Å²) in [7, 11) is 1.89. The Kier molecular flexibility index (Phi) is 6.51. The molecule has 1 saturated heterocycles. The van der Waals surface area contributed by atoms with Gasteiger partial charge < -0.3 is 15.1 Å². The summed E-state index contributed by atoms with van der Waals surface area (Å²) in [4.78, 5) is 9.48. The molecule has 4 heteroatoms. The van der Waals surface area contributed by atoms with Gasteiger partial charge in [-0.2, -0.15) is 0 Å². The third-order valence-corrected chi connectivity index (χ3v) is 5.52. The lowest BCUT2D eigenvalue weighted by Gasteiger charge is -2.24. The first kappa shape index (κ1) is 18.7. The Morgan fingerprint density at radius 3 is 2.69 bits per heavy atom. The third kappa shape index (κ3) is 4.36. The molecule has 2 aromatic rings. The molecule has 1 fully saturated rings. The van der Waals surface area contributed by atoms with Crippen LogP contribution in [0.5, 0.6) is 0 Å². The van der Waals surface area contributed by atoms with E-state index in [4.69, 9.17) is 0 Å². The van der Waals surface area contributed by atoms with Crippen molar-refractivity contribution < 1.29 is 0 Å². The summed E-state index contributed by atoms with van der Waals surface area (Å²) < 4.78 is 0. The third-order valence-electron chi connectivity index (χ3n) is 5.52. The normalized spacial score (nSPS) is 18.1. The van der Waals surface area contributed by atoms with E-state index < -0.39 is 0 Å². The second-order valence-electron chi connectivity index (χ2n) is 7.13. The van der Waals surface area contributed by atoms with Gasteiger partial charge in [0.2, 0.25) is 0 Å². The molecule has 0 aromatic heterocycles. The SMILES string of the molecule is CCN(CC)CC1CCN(C(=NC)NCc2cccc3ccccc23)C1. The highest BCUT2D eigenvalue weighted by atomic mass is 15.3. The van der Waals surface area contributed by atoms with E-state index in [1.165, 1.54) is 29.3 Å². The minimum Gasteiger partial charge on any atom is -0.352 e. The van der Waals surface area contributed by atoms with Gasteiger partial charge in [-0.1, -0.05) is 56.3 Å². The molecule has 0 bridgehead atoms. The summed E-state index contributed by atoms with van der Waals surface area (Å²) in [5.41, 5.74) is 1.32. The predicted molar refractivity (Wildman–Crippen MR) is 112 cm³/mol. The molecule has 3 rings (SSSR count). The molecule has 0 aliphatic carbocycles. The Morgan fingerprint density at radius 2 is 1.92 bits per heavy atom. The van der Waals surface area contributed by atoms with E-state index in [9.17, 15) is 0 Å². The Labute approximate surface area is 157 Å². The maximum atomic E-state index is 4.54. The number of hydrogen-bond acceptors (Lipinski definition) is 2. The number of benzene rings is 2. The molecule has 2 aromatic carbocycles. The molecule has 1 aliphatic heterocycles. The molecule has 140 valence electrons. The summed E-state index contributed by atoms with van der Waals surface area (Å²) in [5, 5.41) is 6.20. The Morgan fingerprint density at radius 1 is 1.15 bits per heavy atom. The molecule has 0 radical (unpaired) electrons. The van der Waals surface area contributed by atoms with Crippen LogP contribution in [-0.4, -0.2) is 55.5 Å². The summed E-state index contributed by atoms with van der Waals surface area (Å²) in [6.45, 7) is 11.0. The number of rotatable bonds is 6. The highest BCUT2D eigenvalue weighted by Crippen LogP contribution is 2.20. The predicted octanol–water partition coefficient (Wildman–Crippen LogP) is 3.58. The van der Waals surface area contributed by atoms with E-state index in [1.807, 2.05) is 7.05 Å². The molecule has 1 unspecified atom stereocenters. The van der Waals surface area contributed by atoms with Gasteiger partial charge in [0.1, 0.15) is 0 Å². The van der Waals surface area contributed by atoms with E-state index in [2.05, 4.69) is 76.4 Å². The van der Waals surface area contributed by atoms with E-state index in [1.54, 1.807) is 0 Å². The Balaban J connectivity index is 1.60. The van der Waals surface area contributed by atoms with Crippen LogP contribution in [0.4, 0.5) is 0 Å². The van der Waals surface area contributed by atoms with Crippen LogP contribution in [0.15, 0.2) is 47.5 Å². The standard InChI is InChI=1S/C22H32N4/c1-4-25(5-2)16-18-13-14-26(17-18)22(23-3)24-15-20-11-8-10-19-9-6-7-12-21(19)20/h6-12,18H,4-5,13-17H2,1-3H3,(H,23,24). The largest absolute Gasteiger partial charge is 0.352 e. The van der Waals surface area contributed by atoms with Crippen LogP contribution in [0, 0.1) is 5.92 Å². The number of nitrogens with zero attached hydrogens (tertiary/aromatic N) is 3. The molecular weight excluding hydrogens is 320 g/mol. The average Bonchev–Trinajstić information content (AvgIpc) is 3.15. The molecule has 0 saturated carbocycles. The lowest BCUT2D eigenvalue weighted by Crippen LogP contribution is -2.40. The summed E-state index contributed by atoms with van der Waals surface area (Å²) in [6.07, 6.45) is 1.26. The molecule has 0 amide bonds. The molecule has 1 heterocycles. The summed E-state index contributed by atoms with van der Waals surface area (Å²) in [6, 6.07) is 15.1. The minimum absolute atomic E-state index is 0.742. The van der Waals surface area contributed by atoms with Crippen LogP contribution in [0.2, 0.25) is 0 Å².